The number of hydrogen-bond acceptors (Lipinski definition) is 3. The summed E-state index contributed by atoms with van der Waals surface area (Å²) in [5, 5.41) is 4.71. The number of H-pyrrole nitrogens is 1. The van der Waals surface area contributed by atoms with Gasteiger partial charge in [0.2, 0.25) is 0 Å². The molecule has 138 valence electrons. The first-order valence-electron chi connectivity index (χ1n) is 9.07. The number of hydrogen-bond donors (Lipinski definition) is 2. The second-order valence-corrected chi connectivity index (χ2v) is 7.67. The van der Waals surface area contributed by atoms with Crippen LogP contribution in [0.25, 0.3) is 10.9 Å². The summed E-state index contributed by atoms with van der Waals surface area (Å²) in [6.45, 7) is 1.62. The van der Waals surface area contributed by atoms with E-state index in [1.165, 1.54) is 12.1 Å². The normalized spacial score (nSPS) is 20.9. The van der Waals surface area contributed by atoms with Crippen LogP contribution >= 0.6 is 11.6 Å². The van der Waals surface area contributed by atoms with Gasteiger partial charge in [-0.05, 0) is 61.3 Å². The van der Waals surface area contributed by atoms with Gasteiger partial charge in [-0.3, -0.25) is 4.79 Å². The molecule has 2 aromatic carbocycles. The Labute approximate surface area is 160 Å². The van der Waals surface area contributed by atoms with Gasteiger partial charge in [0.05, 0.1) is 5.60 Å². The molecule has 2 aliphatic rings. The Morgan fingerprint density at radius 1 is 1.19 bits per heavy atom. The summed E-state index contributed by atoms with van der Waals surface area (Å²) in [5.74, 6) is -0.516. The molecule has 5 rings (SSSR count). The standard InChI is InChI=1S/C21H18ClFN2O2/c22-12-1-3-14-16(11-25-18(14)9-12)19(26)20-15-10-13(23)2-4-17(15)21(27-20)5-7-24-8-6-21/h1-4,9-11,20,24-25H,5-8H2/t20-/m1/s1. The van der Waals surface area contributed by atoms with Crippen LogP contribution in [0.15, 0.2) is 42.6 Å². The van der Waals surface area contributed by atoms with Crippen LogP contribution in [0.2, 0.25) is 5.02 Å². The Kier molecular flexibility index (Phi) is 3.86. The number of fused-ring (bicyclic) bond motifs is 3. The van der Waals surface area contributed by atoms with Crippen LogP contribution in [0.4, 0.5) is 4.39 Å². The molecule has 3 aromatic rings. The van der Waals surface area contributed by atoms with Crippen molar-refractivity contribution in [2.75, 3.05) is 13.1 Å². The van der Waals surface area contributed by atoms with E-state index in [1.54, 1.807) is 24.4 Å². The maximum absolute atomic E-state index is 14.0. The first-order chi connectivity index (χ1) is 13.1. The summed E-state index contributed by atoms with van der Waals surface area (Å²) >= 11 is 6.04. The van der Waals surface area contributed by atoms with Crippen LogP contribution in [0.3, 0.4) is 0 Å². The second-order valence-electron chi connectivity index (χ2n) is 7.23. The molecule has 0 bridgehead atoms. The van der Waals surface area contributed by atoms with Gasteiger partial charge in [-0.1, -0.05) is 23.7 Å². The van der Waals surface area contributed by atoms with E-state index in [0.717, 1.165) is 42.4 Å². The average molecular weight is 385 g/mol. The summed E-state index contributed by atoms with van der Waals surface area (Å²) < 4.78 is 20.4. The average Bonchev–Trinajstić information content (AvgIpc) is 3.21. The molecule has 0 unspecified atom stereocenters. The van der Waals surface area contributed by atoms with E-state index in [1.807, 2.05) is 6.07 Å². The van der Waals surface area contributed by atoms with Gasteiger partial charge in [-0.2, -0.15) is 0 Å². The first-order valence-corrected chi connectivity index (χ1v) is 9.44. The quantitative estimate of drug-likeness (QED) is 0.640. The highest BCUT2D eigenvalue weighted by molar-refractivity contribution is 6.31. The molecular weight excluding hydrogens is 367 g/mol. The lowest BCUT2D eigenvalue weighted by Crippen LogP contribution is -2.40. The SMILES string of the molecule is O=C(c1c[nH]c2cc(Cl)ccc12)[C@@H]1OC2(CCNCC2)c2ccc(F)cc21. The highest BCUT2D eigenvalue weighted by Gasteiger charge is 2.48. The number of aromatic amines is 1. The molecule has 1 saturated heterocycles. The summed E-state index contributed by atoms with van der Waals surface area (Å²) in [5.41, 5.74) is 2.38. The Balaban J connectivity index is 1.60. The fourth-order valence-corrected chi connectivity index (χ4v) is 4.55. The highest BCUT2D eigenvalue weighted by atomic mass is 35.5. The maximum atomic E-state index is 14.0. The summed E-state index contributed by atoms with van der Waals surface area (Å²) in [4.78, 5) is 16.5. The second kappa shape index (κ2) is 6.16. The van der Waals surface area contributed by atoms with Crippen LogP contribution < -0.4 is 5.32 Å². The van der Waals surface area contributed by atoms with Crippen molar-refractivity contribution in [3.63, 3.8) is 0 Å². The number of carbonyl (C=O) groups is 1. The molecule has 2 aliphatic heterocycles. The minimum Gasteiger partial charge on any atom is -0.360 e. The number of ether oxygens (including phenoxy) is 1. The van der Waals surface area contributed by atoms with Gasteiger partial charge in [0, 0.05) is 27.7 Å². The topological polar surface area (TPSA) is 54.1 Å². The zero-order chi connectivity index (χ0) is 18.6. The van der Waals surface area contributed by atoms with Crippen LogP contribution in [-0.2, 0) is 10.3 Å². The summed E-state index contributed by atoms with van der Waals surface area (Å²) in [6, 6.07) is 10.0. The van der Waals surface area contributed by atoms with E-state index in [-0.39, 0.29) is 11.6 Å². The largest absolute Gasteiger partial charge is 0.360 e. The smallest absolute Gasteiger partial charge is 0.198 e. The lowest BCUT2D eigenvalue weighted by molar-refractivity contribution is -0.0805. The molecule has 4 nitrogen and oxygen atoms in total. The fraction of sp³-hybridized carbons (Fsp3) is 0.286. The first kappa shape index (κ1) is 16.9. The lowest BCUT2D eigenvalue weighted by atomic mass is 9.83. The molecule has 1 spiro atoms. The Morgan fingerprint density at radius 3 is 2.81 bits per heavy atom. The molecule has 1 aromatic heterocycles. The molecule has 0 radical (unpaired) electrons. The van der Waals surface area contributed by atoms with E-state index in [0.29, 0.717) is 16.1 Å². The van der Waals surface area contributed by atoms with Crippen molar-refractivity contribution in [3.05, 3.63) is 70.1 Å². The third kappa shape index (κ3) is 2.61. The number of Topliss-reactive ketones (excluding diaryl/α,β-unsaturated/α-hetero) is 1. The van der Waals surface area contributed by atoms with Crippen LogP contribution in [0, 0.1) is 5.82 Å². The molecule has 0 amide bonds. The highest BCUT2D eigenvalue weighted by Crippen LogP contribution is 2.49. The number of nitrogens with one attached hydrogen (secondary N) is 2. The minimum absolute atomic E-state index is 0.161. The van der Waals surface area contributed by atoms with Crippen LogP contribution in [-0.4, -0.2) is 23.9 Å². The van der Waals surface area contributed by atoms with Gasteiger partial charge in [0.25, 0.3) is 0 Å². The van der Waals surface area contributed by atoms with Crippen molar-refractivity contribution in [2.45, 2.75) is 24.5 Å². The number of piperidine rings is 1. The summed E-state index contributed by atoms with van der Waals surface area (Å²) in [6.07, 6.45) is 2.40. The predicted octanol–water partition coefficient (Wildman–Crippen LogP) is 4.49. The Bertz CT molecular complexity index is 1060. The van der Waals surface area contributed by atoms with Crippen molar-refractivity contribution in [3.8, 4) is 0 Å². The van der Waals surface area contributed by atoms with E-state index >= 15 is 0 Å². The maximum Gasteiger partial charge on any atom is 0.198 e. The Morgan fingerprint density at radius 2 is 2.00 bits per heavy atom. The number of aromatic nitrogens is 1. The Hall–Kier alpha value is -2.21. The molecule has 0 aliphatic carbocycles. The monoisotopic (exact) mass is 384 g/mol. The molecule has 27 heavy (non-hydrogen) atoms. The molecule has 3 heterocycles. The summed E-state index contributed by atoms with van der Waals surface area (Å²) in [7, 11) is 0. The predicted molar refractivity (Wildman–Crippen MR) is 102 cm³/mol. The number of halogens is 2. The number of ketones is 1. The van der Waals surface area contributed by atoms with Crippen molar-refractivity contribution >= 4 is 28.3 Å². The van der Waals surface area contributed by atoms with Crippen molar-refractivity contribution in [1.29, 1.82) is 0 Å². The van der Waals surface area contributed by atoms with Gasteiger partial charge < -0.3 is 15.0 Å². The van der Waals surface area contributed by atoms with Crippen molar-refractivity contribution in [1.82, 2.24) is 10.3 Å². The number of benzene rings is 2. The van der Waals surface area contributed by atoms with Gasteiger partial charge in [-0.25, -0.2) is 4.39 Å². The van der Waals surface area contributed by atoms with E-state index in [2.05, 4.69) is 10.3 Å². The van der Waals surface area contributed by atoms with E-state index < -0.39 is 11.7 Å². The van der Waals surface area contributed by atoms with Gasteiger partial charge >= 0.3 is 0 Å². The minimum atomic E-state index is -0.802. The molecule has 0 saturated carbocycles. The molecule has 1 fully saturated rings. The molecule has 6 heteroatoms. The zero-order valence-corrected chi connectivity index (χ0v) is 15.3. The number of carbonyl (C=O) groups excluding carboxylic acids is 1. The van der Waals surface area contributed by atoms with Crippen molar-refractivity contribution < 1.29 is 13.9 Å². The number of rotatable bonds is 2. The van der Waals surface area contributed by atoms with Crippen LogP contribution in [0.1, 0.15) is 40.4 Å². The molecule has 1 atom stereocenters. The van der Waals surface area contributed by atoms with Crippen LogP contribution in [0.5, 0.6) is 0 Å². The van der Waals surface area contributed by atoms with Crippen molar-refractivity contribution in [2.24, 2.45) is 0 Å². The van der Waals surface area contributed by atoms with Gasteiger partial charge in [0.1, 0.15) is 11.9 Å². The molecule has 2 N–H and O–H groups in total. The third-order valence-corrected chi connectivity index (χ3v) is 5.92. The zero-order valence-electron chi connectivity index (χ0n) is 14.5. The van der Waals surface area contributed by atoms with Gasteiger partial charge in [-0.15, -0.1) is 0 Å². The van der Waals surface area contributed by atoms with Gasteiger partial charge in [0.15, 0.2) is 5.78 Å². The fourth-order valence-electron chi connectivity index (χ4n) is 4.37. The third-order valence-electron chi connectivity index (χ3n) is 5.69. The van der Waals surface area contributed by atoms with E-state index in [9.17, 15) is 9.18 Å². The van der Waals surface area contributed by atoms with E-state index in [4.69, 9.17) is 16.3 Å². The molecular formula is C21H18ClFN2O2. The lowest BCUT2D eigenvalue weighted by Gasteiger charge is -2.34.